The van der Waals surface area contributed by atoms with Gasteiger partial charge in [-0.25, -0.2) is 9.18 Å². The maximum Gasteiger partial charge on any atom is 0.321 e. The molecule has 0 saturated carbocycles. The summed E-state index contributed by atoms with van der Waals surface area (Å²) < 4.78 is 13.4. The van der Waals surface area contributed by atoms with Gasteiger partial charge in [0.15, 0.2) is 0 Å². The Hall–Kier alpha value is -1.62. The molecule has 5 heteroatoms. The van der Waals surface area contributed by atoms with E-state index in [0.717, 1.165) is 6.54 Å². The highest BCUT2D eigenvalue weighted by Gasteiger charge is 2.20. The van der Waals surface area contributed by atoms with Crippen molar-refractivity contribution in [2.45, 2.75) is 19.9 Å². The van der Waals surface area contributed by atoms with Gasteiger partial charge in [0.1, 0.15) is 5.82 Å². The van der Waals surface area contributed by atoms with Gasteiger partial charge in [0.25, 0.3) is 0 Å². The lowest BCUT2D eigenvalue weighted by Crippen LogP contribution is -2.52. The molecule has 0 aromatic heterocycles. The molecule has 0 spiro atoms. The van der Waals surface area contributed by atoms with Gasteiger partial charge in [0, 0.05) is 31.4 Å². The summed E-state index contributed by atoms with van der Waals surface area (Å²) in [5, 5.41) is 5.99. The molecule has 1 aromatic carbocycles. The topological polar surface area (TPSA) is 44.4 Å². The third-order valence-corrected chi connectivity index (χ3v) is 3.08. The first-order chi connectivity index (χ1) is 8.56. The predicted octanol–water partition coefficient (Wildman–Crippen LogP) is 1.96. The fourth-order valence-electron chi connectivity index (χ4n) is 1.99. The van der Waals surface area contributed by atoms with E-state index in [1.54, 1.807) is 24.0 Å². The van der Waals surface area contributed by atoms with Crippen LogP contribution in [0, 0.1) is 12.7 Å². The number of halogens is 1. The van der Waals surface area contributed by atoms with Crippen molar-refractivity contribution in [3.63, 3.8) is 0 Å². The number of carbonyl (C=O) groups excluding carboxylic acids is 1. The highest BCUT2D eigenvalue weighted by atomic mass is 19.1. The van der Waals surface area contributed by atoms with Crippen molar-refractivity contribution in [3.05, 3.63) is 29.6 Å². The minimum atomic E-state index is -0.304. The molecule has 1 aliphatic heterocycles. The number of hydrogen-bond acceptors (Lipinski definition) is 2. The van der Waals surface area contributed by atoms with Crippen LogP contribution in [0.5, 0.6) is 0 Å². The molecule has 1 atom stereocenters. The summed E-state index contributed by atoms with van der Waals surface area (Å²) >= 11 is 0. The molecule has 2 amide bonds. The average Bonchev–Trinajstić information content (AvgIpc) is 2.34. The standard InChI is InChI=1S/C13H18FN3O/c1-9-3-4-11(7-12(9)14)16-13(18)17-6-5-15-10(2)8-17/h3-4,7,10,15H,5-6,8H2,1-2H3,(H,16,18)/t10-/m1/s1. The van der Waals surface area contributed by atoms with Crippen LogP contribution < -0.4 is 10.6 Å². The lowest BCUT2D eigenvalue weighted by atomic mass is 10.2. The van der Waals surface area contributed by atoms with Gasteiger partial charge >= 0.3 is 6.03 Å². The molecule has 4 nitrogen and oxygen atoms in total. The van der Waals surface area contributed by atoms with Gasteiger partial charge in [-0.05, 0) is 31.5 Å². The molecular formula is C13H18FN3O. The third kappa shape index (κ3) is 2.98. The molecule has 1 heterocycles. The molecule has 18 heavy (non-hydrogen) atoms. The largest absolute Gasteiger partial charge is 0.322 e. The maximum absolute atomic E-state index is 13.4. The van der Waals surface area contributed by atoms with Crippen LogP contribution in [0.3, 0.4) is 0 Å². The Bertz CT molecular complexity index is 450. The number of rotatable bonds is 1. The van der Waals surface area contributed by atoms with E-state index in [0.29, 0.717) is 30.4 Å². The number of aryl methyl sites for hydroxylation is 1. The zero-order valence-corrected chi connectivity index (χ0v) is 10.7. The number of carbonyl (C=O) groups is 1. The van der Waals surface area contributed by atoms with Crippen molar-refractivity contribution in [1.82, 2.24) is 10.2 Å². The van der Waals surface area contributed by atoms with E-state index in [2.05, 4.69) is 10.6 Å². The number of urea groups is 1. The maximum atomic E-state index is 13.4. The molecule has 2 N–H and O–H groups in total. The molecule has 0 bridgehead atoms. The second kappa shape index (κ2) is 5.35. The van der Waals surface area contributed by atoms with E-state index in [4.69, 9.17) is 0 Å². The normalized spacial score (nSPS) is 19.7. The van der Waals surface area contributed by atoms with Crippen LogP contribution in [0.1, 0.15) is 12.5 Å². The van der Waals surface area contributed by atoms with Crippen LogP contribution in [-0.4, -0.2) is 36.6 Å². The van der Waals surface area contributed by atoms with Crippen molar-refractivity contribution >= 4 is 11.7 Å². The van der Waals surface area contributed by atoms with Crippen LogP contribution in [0.15, 0.2) is 18.2 Å². The Morgan fingerprint density at radius 3 is 3.00 bits per heavy atom. The van der Waals surface area contributed by atoms with Crippen LogP contribution >= 0.6 is 0 Å². The zero-order valence-electron chi connectivity index (χ0n) is 10.7. The van der Waals surface area contributed by atoms with Gasteiger partial charge in [0.2, 0.25) is 0 Å². The summed E-state index contributed by atoms with van der Waals surface area (Å²) in [6.45, 7) is 5.85. The van der Waals surface area contributed by atoms with Gasteiger partial charge in [-0.1, -0.05) is 6.07 Å². The fraction of sp³-hybridized carbons (Fsp3) is 0.462. The quantitative estimate of drug-likeness (QED) is 0.801. The predicted molar refractivity (Wildman–Crippen MR) is 69.2 cm³/mol. The highest BCUT2D eigenvalue weighted by molar-refractivity contribution is 5.89. The van der Waals surface area contributed by atoms with Gasteiger partial charge in [0.05, 0.1) is 0 Å². The second-order valence-corrected chi connectivity index (χ2v) is 4.70. The van der Waals surface area contributed by atoms with Crippen LogP contribution in [-0.2, 0) is 0 Å². The summed E-state index contributed by atoms with van der Waals surface area (Å²) in [6.07, 6.45) is 0. The van der Waals surface area contributed by atoms with E-state index < -0.39 is 0 Å². The summed E-state index contributed by atoms with van der Waals surface area (Å²) in [5.74, 6) is -0.304. The van der Waals surface area contributed by atoms with E-state index in [1.807, 2.05) is 6.92 Å². The molecule has 0 radical (unpaired) electrons. The number of nitrogens with one attached hydrogen (secondary N) is 2. The fourth-order valence-corrected chi connectivity index (χ4v) is 1.99. The molecule has 1 aromatic rings. The molecular weight excluding hydrogens is 233 g/mol. The Morgan fingerprint density at radius 2 is 2.33 bits per heavy atom. The first-order valence-electron chi connectivity index (χ1n) is 6.12. The Labute approximate surface area is 106 Å². The molecule has 0 aliphatic carbocycles. The van der Waals surface area contributed by atoms with Crippen molar-refractivity contribution < 1.29 is 9.18 Å². The van der Waals surface area contributed by atoms with Crippen molar-refractivity contribution in [2.75, 3.05) is 25.0 Å². The number of hydrogen-bond donors (Lipinski definition) is 2. The minimum absolute atomic E-state index is 0.174. The number of piperazine rings is 1. The highest BCUT2D eigenvalue weighted by Crippen LogP contribution is 2.14. The molecule has 2 rings (SSSR count). The van der Waals surface area contributed by atoms with E-state index in [1.165, 1.54) is 6.07 Å². The van der Waals surface area contributed by atoms with E-state index >= 15 is 0 Å². The summed E-state index contributed by atoms with van der Waals surface area (Å²) in [5.41, 5.74) is 1.07. The second-order valence-electron chi connectivity index (χ2n) is 4.70. The SMILES string of the molecule is Cc1ccc(NC(=O)N2CCN[C@H](C)C2)cc1F. The molecule has 0 unspecified atom stereocenters. The van der Waals surface area contributed by atoms with Gasteiger partial charge in [-0.15, -0.1) is 0 Å². The first-order valence-corrected chi connectivity index (χ1v) is 6.12. The van der Waals surface area contributed by atoms with Gasteiger partial charge in [-0.3, -0.25) is 0 Å². The average molecular weight is 251 g/mol. The van der Waals surface area contributed by atoms with E-state index in [9.17, 15) is 9.18 Å². The number of nitrogens with zero attached hydrogens (tertiary/aromatic N) is 1. The van der Waals surface area contributed by atoms with Crippen LogP contribution in [0.2, 0.25) is 0 Å². The monoisotopic (exact) mass is 251 g/mol. The number of benzene rings is 1. The summed E-state index contributed by atoms with van der Waals surface area (Å²) in [6, 6.07) is 4.83. The number of amides is 2. The van der Waals surface area contributed by atoms with Crippen molar-refractivity contribution in [3.8, 4) is 0 Å². The third-order valence-electron chi connectivity index (χ3n) is 3.08. The lowest BCUT2D eigenvalue weighted by Gasteiger charge is -2.31. The molecule has 1 saturated heterocycles. The molecule has 98 valence electrons. The minimum Gasteiger partial charge on any atom is -0.322 e. The smallest absolute Gasteiger partial charge is 0.321 e. The Morgan fingerprint density at radius 1 is 1.56 bits per heavy atom. The Kier molecular flexibility index (Phi) is 3.81. The van der Waals surface area contributed by atoms with Gasteiger partial charge < -0.3 is 15.5 Å². The van der Waals surface area contributed by atoms with Crippen molar-refractivity contribution in [1.29, 1.82) is 0 Å². The van der Waals surface area contributed by atoms with Gasteiger partial charge in [-0.2, -0.15) is 0 Å². The molecule has 1 fully saturated rings. The number of anilines is 1. The lowest BCUT2D eigenvalue weighted by molar-refractivity contribution is 0.192. The molecule has 1 aliphatic rings. The zero-order chi connectivity index (χ0) is 13.1. The van der Waals surface area contributed by atoms with Crippen LogP contribution in [0.25, 0.3) is 0 Å². The Balaban J connectivity index is 2.00. The first kappa shape index (κ1) is 12.8. The summed E-state index contributed by atoms with van der Waals surface area (Å²) in [4.78, 5) is 13.7. The summed E-state index contributed by atoms with van der Waals surface area (Å²) in [7, 11) is 0. The van der Waals surface area contributed by atoms with Crippen molar-refractivity contribution in [2.24, 2.45) is 0 Å². The van der Waals surface area contributed by atoms with Crippen LogP contribution in [0.4, 0.5) is 14.9 Å². The van der Waals surface area contributed by atoms with E-state index in [-0.39, 0.29) is 11.8 Å².